The van der Waals surface area contributed by atoms with E-state index in [9.17, 15) is 14.7 Å². The van der Waals surface area contributed by atoms with Crippen LogP contribution in [0.2, 0.25) is 0 Å². The number of aliphatic hydroxyl groups is 1. The molecule has 1 fully saturated rings. The third kappa shape index (κ3) is 3.42. The number of aliphatic hydroxyl groups excluding tert-OH is 1. The van der Waals surface area contributed by atoms with Gasteiger partial charge in [-0.25, -0.2) is 4.79 Å². The van der Waals surface area contributed by atoms with Crippen molar-refractivity contribution in [1.82, 2.24) is 4.90 Å². The summed E-state index contributed by atoms with van der Waals surface area (Å²) in [6.07, 6.45) is -0.0159. The summed E-state index contributed by atoms with van der Waals surface area (Å²) in [6, 6.07) is 16.5. The highest BCUT2D eigenvalue weighted by Crippen LogP contribution is 2.44. The van der Waals surface area contributed by atoms with Gasteiger partial charge in [0, 0.05) is 19.0 Å². The molecule has 5 heteroatoms. The van der Waals surface area contributed by atoms with E-state index in [0.29, 0.717) is 32.5 Å². The van der Waals surface area contributed by atoms with Crippen molar-refractivity contribution in [2.75, 3.05) is 19.7 Å². The average molecular weight is 379 g/mol. The smallest absolute Gasteiger partial charge is 0.409 e. The molecule has 1 unspecified atom stereocenters. The Bertz CT molecular complexity index is 840. The van der Waals surface area contributed by atoms with Crippen LogP contribution in [0, 0.1) is 5.92 Å². The van der Waals surface area contributed by atoms with Crippen LogP contribution in [0.4, 0.5) is 4.79 Å². The molecule has 0 bridgehead atoms. The minimum absolute atomic E-state index is 0.0495. The minimum atomic E-state index is -0.926. The second-order valence-corrected chi connectivity index (χ2v) is 7.68. The number of benzene rings is 2. The van der Waals surface area contributed by atoms with Crippen LogP contribution < -0.4 is 0 Å². The number of carbonyl (C=O) groups is 2. The Hall–Kier alpha value is -2.66. The van der Waals surface area contributed by atoms with Gasteiger partial charge in [0.2, 0.25) is 0 Å². The lowest BCUT2D eigenvalue weighted by atomic mass is 9.89. The van der Waals surface area contributed by atoms with Crippen molar-refractivity contribution in [3.63, 3.8) is 0 Å². The summed E-state index contributed by atoms with van der Waals surface area (Å²) in [6.45, 7) is 2.73. The summed E-state index contributed by atoms with van der Waals surface area (Å²) in [5.41, 5.74) is 4.80. The molecule has 5 nitrogen and oxygen atoms in total. The van der Waals surface area contributed by atoms with E-state index in [-0.39, 0.29) is 23.7 Å². The largest absolute Gasteiger partial charge is 0.448 e. The lowest BCUT2D eigenvalue weighted by Crippen LogP contribution is -2.43. The fraction of sp³-hybridized carbons (Fsp3) is 0.391. The summed E-state index contributed by atoms with van der Waals surface area (Å²) in [7, 11) is 0. The molecule has 0 radical (unpaired) electrons. The van der Waals surface area contributed by atoms with Crippen LogP contribution in [0.3, 0.4) is 0 Å². The van der Waals surface area contributed by atoms with Crippen molar-refractivity contribution < 1.29 is 19.4 Å². The number of piperidine rings is 1. The molecular weight excluding hydrogens is 354 g/mol. The average Bonchev–Trinajstić information content (AvgIpc) is 3.05. The van der Waals surface area contributed by atoms with E-state index >= 15 is 0 Å². The number of hydrogen-bond donors (Lipinski definition) is 1. The first kappa shape index (κ1) is 18.7. The summed E-state index contributed by atoms with van der Waals surface area (Å²) in [4.78, 5) is 25.6. The number of amides is 1. The number of carbonyl (C=O) groups excluding carboxylic acids is 2. The van der Waals surface area contributed by atoms with Crippen molar-refractivity contribution in [3.05, 3.63) is 59.7 Å². The molecule has 0 aromatic heterocycles. The number of rotatable bonds is 4. The number of hydrogen-bond acceptors (Lipinski definition) is 4. The molecule has 1 saturated heterocycles. The molecule has 0 spiro atoms. The van der Waals surface area contributed by atoms with Crippen LogP contribution in [0.15, 0.2) is 48.5 Å². The Morgan fingerprint density at radius 1 is 1.04 bits per heavy atom. The molecule has 1 aliphatic carbocycles. The first-order valence-corrected chi connectivity index (χ1v) is 9.84. The third-order valence-corrected chi connectivity index (χ3v) is 6.00. The number of fused-ring (bicyclic) bond motifs is 3. The van der Waals surface area contributed by atoms with Crippen molar-refractivity contribution in [3.8, 4) is 11.1 Å². The number of likely N-dealkylation sites (tertiary alicyclic amines) is 1. The predicted molar refractivity (Wildman–Crippen MR) is 106 cm³/mol. The highest BCUT2D eigenvalue weighted by Gasteiger charge is 2.32. The summed E-state index contributed by atoms with van der Waals surface area (Å²) < 4.78 is 5.68. The zero-order valence-electron chi connectivity index (χ0n) is 16.0. The quantitative estimate of drug-likeness (QED) is 0.881. The SMILES string of the molecule is CC(=O)C(O)C1CCN(C(=O)OCC2c3ccccc3-c3ccccc32)CC1. The second-order valence-electron chi connectivity index (χ2n) is 7.68. The first-order chi connectivity index (χ1) is 13.6. The lowest BCUT2D eigenvalue weighted by Gasteiger charge is -2.33. The van der Waals surface area contributed by atoms with Gasteiger partial charge in [0.15, 0.2) is 5.78 Å². The molecule has 2 aliphatic rings. The molecule has 2 aromatic rings. The van der Waals surface area contributed by atoms with Gasteiger partial charge >= 0.3 is 6.09 Å². The monoisotopic (exact) mass is 379 g/mol. The molecule has 1 aliphatic heterocycles. The van der Waals surface area contributed by atoms with Crippen LogP contribution in [-0.2, 0) is 9.53 Å². The first-order valence-electron chi connectivity index (χ1n) is 9.84. The van der Waals surface area contributed by atoms with E-state index in [1.807, 2.05) is 24.3 Å². The van der Waals surface area contributed by atoms with Crippen LogP contribution >= 0.6 is 0 Å². The van der Waals surface area contributed by atoms with Crippen LogP contribution in [-0.4, -0.2) is 47.7 Å². The number of ketones is 1. The zero-order chi connectivity index (χ0) is 19.7. The van der Waals surface area contributed by atoms with E-state index in [4.69, 9.17) is 4.74 Å². The highest BCUT2D eigenvalue weighted by atomic mass is 16.6. The summed E-state index contributed by atoms with van der Waals surface area (Å²) in [5, 5.41) is 9.92. The lowest BCUT2D eigenvalue weighted by molar-refractivity contribution is -0.128. The molecular formula is C23H25NO4. The summed E-state index contributed by atoms with van der Waals surface area (Å²) >= 11 is 0. The Morgan fingerprint density at radius 3 is 2.11 bits per heavy atom. The molecule has 2 aromatic carbocycles. The maximum atomic E-state index is 12.6. The molecule has 146 valence electrons. The number of ether oxygens (including phenoxy) is 1. The normalized spacial score (nSPS) is 17.7. The molecule has 0 saturated carbocycles. The molecule has 1 N–H and O–H groups in total. The minimum Gasteiger partial charge on any atom is -0.448 e. The van der Waals surface area contributed by atoms with E-state index in [2.05, 4.69) is 24.3 Å². The maximum Gasteiger partial charge on any atom is 0.409 e. The number of nitrogens with zero attached hydrogens (tertiary/aromatic N) is 1. The van der Waals surface area contributed by atoms with Crippen molar-refractivity contribution in [2.24, 2.45) is 5.92 Å². The fourth-order valence-electron chi connectivity index (χ4n) is 4.41. The summed E-state index contributed by atoms with van der Waals surface area (Å²) in [5.74, 6) is -0.233. The van der Waals surface area contributed by atoms with E-state index in [1.54, 1.807) is 4.90 Å². The van der Waals surface area contributed by atoms with Crippen molar-refractivity contribution in [2.45, 2.75) is 31.8 Å². The number of Topliss-reactive ketones (excluding diaryl/α,β-unsaturated/α-hetero) is 1. The van der Waals surface area contributed by atoms with Gasteiger partial charge < -0.3 is 14.7 Å². The Balaban J connectivity index is 1.39. The Labute approximate surface area is 164 Å². The topological polar surface area (TPSA) is 66.8 Å². The van der Waals surface area contributed by atoms with Gasteiger partial charge in [-0.1, -0.05) is 48.5 Å². The van der Waals surface area contributed by atoms with Gasteiger partial charge in [-0.2, -0.15) is 0 Å². The van der Waals surface area contributed by atoms with Gasteiger partial charge in [0.05, 0.1) is 0 Å². The molecule has 4 rings (SSSR count). The van der Waals surface area contributed by atoms with Gasteiger partial charge in [0.25, 0.3) is 0 Å². The molecule has 1 heterocycles. The zero-order valence-corrected chi connectivity index (χ0v) is 16.0. The third-order valence-electron chi connectivity index (χ3n) is 6.00. The predicted octanol–water partition coefficient (Wildman–Crippen LogP) is 3.60. The van der Waals surface area contributed by atoms with Gasteiger partial charge in [0.1, 0.15) is 12.7 Å². The van der Waals surface area contributed by atoms with Crippen LogP contribution in [0.5, 0.6) is 0 Å². The molecule has 1 amide bonds. The van der Waals surface area contributed by atoms with E-state index in [1.165, 1.54) is 29.2 Å². The van der Waals surface area contributed by atoms with Crippen molar-refractivity contribution in [1.29, 1.82) is 0 Å². The Morgan fingerprint density at radius 2 is 1.57 bits per heavy atom. The van der Waals surface area contributed by atoms with Crippen molar-refractivity contribution >= 4 is 11.9 Å². The van der Waals surface area contributed by atoms with Gasteiger partial charge in [-0.05, 0) is 47.9 Å². The maximum absolute atomic E-state index is 12.6. The van der Waals surface area contributed by atoms with E-state index < -0.39 is 6.10 Å². The highest BCUT2D eigenvalue weighted by molar-refractivity contribution is 5.80. The molecule has 28 heavy (non-hydrogen) atoms. The molecule has 1 atom stereocenters. The van der Waals surface area contributed by atoms with Crippen LogP contribution in [0.25, 0.3) is 11.1 Å². The Kier molecular flexibility index (Phi) is 5.18. The standard InChI is InChI=1S/C23H25NO4/c1-15(25)22(26)16-10-12-24(13-11-16)23(27)28-14-21-19-8-4-2-6-17(19)18-7-3-5-9-20(18)21/h2-9,16,21-22,26H,10-14H2,1H3. The van der Waals surface area contributed by atoms with Gasteiger partial charge in [-0.3, -0.25) is 4.79 Å². The van der Waals surface area contributed by atoms with Crippen LogP contribution in [0.1, 0.15) is 36.8 Å². The van der Waals surface area contributed by atoms with E-state index in [0.717, 1.165) is 0 Å². The fourth-order valence-corrected chi connectivity index (χ4v) is 4.41. The second kappa shape index (κ2) is 7.76. The van der Waals surface area contributed by atoms with Gasteiger partial charge in [-0.15, -0.1) is 0 Å².